The molecule has 3 nitrogen and oxygen atoms in total. The van der Waals surface area contributed by atoms with E-state index in [1.54, 1.807) is 0 Å². The average molecular weight is 215 g/mol. The number of hydrogen-bond donors (Lipinski definition) is 0. The first-order valence-corrected chi connectivity index (χ1v) is 5.93. The van der Waals surface area contributed by atoms with Crippen LogP contribution in [0.2, 0.25) is 0 Å². The maximum Gasteiger partial charge on any atom is 0.0978 e. The molecule has 0 N–H and O–H groups in total. The van der Waals surface area contributed by atoms with E-state index in [1.165, 1.54) is 18.4 Å². The van der Waals surface area contributed by atoms with Crippen molar-refractivity contribution < 1.29 is 0 Å². The van der Waals surface area contributed by atoms with E-state index in [9.17, 15) is 0 Å². The van der Waals surface area contributed by atoms with Crippen molar-refractivity contribution >= 4 is 0 Å². The van der Waals surface area contributed by atoms with Crippen LogP contribution in [0.4, 0.5) is 0 Å². The Morgan fingerprint density at radius 2 is 2.19 bits per heavy atom. The average Bonchev–Trinajstić information content (AvgIpc) is 2.38. The lowest BCUT2D eigenvalue weighted by molar-refractivity contribution is 0.187. The van der Waals surface area contributed by atoms with Gasteiger partial charge < -0.3 is 0 Å². The van der Waals surface area contributed by atoms with Crippen LogP contribution in [-0.4, -0.2) is 29.0 Å². The largest absolute Gasteiger partial charge is 0.288 e. The molecule has 1 unspecified atom stereocenters. The van der Waals surface area contributed by atoms with Crippen LogP contribution in [0.5, 0.6) is 0 Å². The normalized spacial score (nSPS) is 21.6. The second kappa shape index (κ2) is 5.62. The van der Waals surface area contributed by atoms with E-state index in [0.717, 1.165) is 25.9 Å². The molecule has 0 amide bonds. The molecule has 0 bridgehead atoms. The summed E-state index contributed by atoms with van der Waals surface area (Å²) in [5, 5.41) is 9.06. The first kappa shape index (κ1) is 11.1. The van der Waals surface area contributed by atoms with Crippen molar-refractivity contribution in [2.75, 3.05) is 13.1 Å². The topological polar surface area (TPSA) is 39.9 Å². The minimum Gasteiger partial charge on any atom is -0.288 e. The monoisotopic (exact) mass is 215 g/mol. The summed E-state index contributed by atoms with van der Waals surface area (Å²) < 4.78 is 0. The second-order valence-corrected chi connectivity index (χ2v) is 4.28. The third kappa shape index (κ3) is 2.80. The van der Waals surface area contributed by atoms with E-state index < -0.39 is 0 Å². The highest BCUT2D eigenvalue weighted by Gasteiger charge is 2.21. The van der Waals surface area contributed by atoms with Crippen molar-refractivity contribution in [1.29, 1.82) is 5.26 Å². The van der Waals surface area contributed by atoms with Crippen LogP contribution in [0, 0.1) is 11.3 Å². The molecule has 1 aromatic rings. The third-order valence-corrected chi connectivity index (χ3v) is 3.20. The molecule has 16 heavy (non-hydrogen) atoms. The number of aromatic nitrogens is 1. The fourth-order valence-corrected chi connectivity index (χ4v) is 2.23. The van der Waals surface area contributed by atoms with Crippen molar-refractivity contribution in [2.45, 2.75) is 31.7 Å². The Bertz CT molecular complexity index is 355. The summed E-state index contributed by atoms with van der Waals surface area (Å²) in [4.78, 5) is 6.31. The van der Waals surface area contributed by atoms with Crippen molar-refractivity contribution in [3.63, 3.8) is 0 Å². The molecule has 1 fully saturated rings. The number of nitriles is 1. The Morgan fingerprint density at radius 1 is 1.38 bits per heavy atom. The Balaban J connectivity index is 1.87. The second-order valence-electron chi connectivity index (χ2n) is 4.28. The summed E-state index contributed by atoms with van der Waals surface area (Å²) in [5.41, 5.74) is 1.30. The van der Waals surface area contributed by atoms with E-state index in [-0.39, 0.29) is 6.04 Å². The maximum atomic E-state index is 9.06. The number of piperidine rings is 1. The maximum absolute atomic E-state index is 9.06. The van der Waals surface area contributed by atoms with Gasteiger partial charge in [0.1, 0.15) is 0 Å². The highest BCUT2D eigenvalue weighted by molar-refractivity contribution is 5.10. The van der Waals surface area contributed by atoms with E-state index >= 15 is 0 Å². The van der Waals surface area contributed by atoms with Crippen molar-refractivity contribution in [3.05, 3.63) is 30.1 Å². The Hall–Kier alpha value is -1.40. The van der Waals surface area contributed by atoms with Gasteiger partial charge in [0.2, 0.25) is 0 Å². The van der Waals surface area contributed by atoms with Gasteiger partial charge in [0, 0.05) is 18.9 Å². The Labute approximate surface area is 96.7 Å². The fourth-order valence-electron chi connectivity index (χ4n) is 2.23. The molecule has 3 heteroatoms. The number of nitrogens with zero attached hydrogens (tertiary/aromatic N) is 3. The molecular formula is C13H17N3. The Morgan fingerprint density at radius 3 is 2.94 bits per heavy atom. The van der Waals surface area contributed by atoms with Gasteiger partial charge in [-0.05, 0) is 49.9 Å². The van der Waals surface area contributed by atoms with Gasteiger partial charge in [0.05, 0.1) is 12.1 Å². The summed E-state index contributed by atoms with van der Waals surface area (Å²) in [5.74, 6) is 0. The zero-order valence-electron chi connectivity index (χ0n) is 9.47. The van der Waals surface area contributed by atoms with Crippen LogP contribution in [0.25, 0.3) is 0 Å². The van der Waals surface area contributed by atoms with Gasteiger partial charge in [0.25, 0.3) is 0 Å². The standard InChI is InChI=1S/C13H17N3/c14-11-13-3-1-2-9-16(13)10-6-12-4-7-15-8-5-12/h4-5,7-8,13H,1-3,6,9-10H2. The summed E-state index contributed by atoms with van der Waals surface area (Å²) in [6, 6.07) is 6.63. The third-order valence-electron chi connectivity index (χ3n) is 3.20. The lowest BCUT2D eigenvalue weighted by atomic mass is 10.0. The van der Waals surface area contributed by atoms with Gasteiger partial charge in [-0.15, -0.1) is 0 Å². The van der Waals surface area contributed by atoms with Crippen LogP contribution < -0.4 is 0 Å². The van der Waals surface area contributed by atoms with Gasteiger partial charge in [0.15, 0.2) is 0 Å². The zero-order chi connectivity index (χ0) is 11.2. The lowest BCUT2D eigenvalue weighted by Crippen LogP contribution is -2.39. The number of rotatable bonds is 3. The fraction of sp³-hybridized carbons (Fsp3) is 0.538. The van der Waals surface area contributed by atoms with Crippen LogP contribution in [-0.2, 0) is 6.42 Å². The molecule has 1 saturated heterocycles. The first-order valence-electron chi connectivity index (χ1n) is 5.93. The number of likely N-dealkylation sites (tertiary alicyclic amines) is 1. The van der Waals surface area contributed by atoms with Crippen LogP contribution in [0.1, 0.15) is 24.8 Å². The smallest absolute Gasteiger partial charge is 0.0978 e. The molecule has 0 radical (unpaired) electrons. The summed E-state index contributed by atoms with van der Waals surface area (Å²) in [6.07, 6.45) is 8.13. The lowest BCUT2D eigenvalue weighted by Gasteiger charge is -2.31. The summed E-state index contributed by atoms with van der Waals surface area (Å²) in [6.45, 7) is 2.06. The molecule has 0 spiro atoms. The Kier molecular flexibility index (Phi) is 3.90. The van der Waals surface area contributed by atoms with Crippen molar-refractivity contribution in [3.8, 4) is 6.07 Å². The van der Waals surface area contributed by atoms with Crippen molar-refractivity contribution in [2.24, 2.45) is 0 Å². The van der Waals surface area contributed by atoms with Gasteiger partial charge in [-0.25, -0.2) is 0 Å². The van der Waals surface area contributed by atoms with Crippen molar-refractivity contribution in [1.82, 2.24) is 9.88 Å². The van der Waals surface area contributed by atoms with E-state index in [0.29, 0.717) is 0 Å². The molecule has 2 rings (SSSR count). The number of pyridine rings is 1. The van der Waals surface area contributed by atoms with Crippen LogP contribution in [0.15, 0.2) is 24.5 Å². The highest BCUT2D eigenvalue weighted by atomic mass is 15.2. The predicted molar refractivity (Wildman–Crippen MR) is 62.8 cm³/mol. The van der Waals surface area contributed by atoms with Crippen LogP contribution in [0.3, 0.4) is 0 Å². The molecule has 1 atom stereocenters. The quantitative estimate of drug-likeness (QED) is 0.774. The van der Waals surface area contributed by atoms with Gasteiger partial charge >= 0.3 is 0 Å². The SMILES string of the molecule is N#CC1CCCCN1CCc1ccncc1. The van der Waals surface area contributed by atoms with Gasteiger partial charge in [-0.2, -0.15) is 5.26 Å². The van der Waals surface area contributed by atoms with E-state index in [1.807, 2.05) is 24.5 Å². The molecule has 0 aliphatic carbocycles. The molecular weight excluding hydrogens is 198 g/mol. The van der Waals surface area contributed by atoms with Gasteiger partial charge in [-0.1, -0.05) is 0 Å². The number of hydrogen-bond acceptors (Lipinski definition) is 3. The zero-order valence-corrected chi connectivity index (χ0v) is 9.47. The molecule has 1 aliphatic rings. The molecule has 84 valence electrons. The molecule has 1 aliphatic heterocycles. The van der Waals surface area contributed by atoms with E-state index in [2.05, 4.69) is 16.0 Å². The summed E-state index contributed by atoms with van der Waals surface area (Å²) in [7, 11) is 0. The highest BCUT2D eigenvalue weighted by Crippen LogP contribution is 2.16. The summed E-state index contributed by atoms with van der Waals surface area (Å²) >= 11 is 0. The van der Waals surface area contributed by atoms with Gasteiger partial charge in [-0.3, -0.25) is 9.88 Å². The molecule has 0 saturated carbocycles. The molecule has 2 heterocycles. The minimum atomic E-state index is 0.135. The minimum absolute atomic E-state index is 0.135. The predicted octanol–water partition coefficient (Wildman–Crippen LogP) is 2.00. The molecule has 0 aromatic carbocycles. The molecule has 1 aromatic heterocycles. The van der Waals surface area contributed by atoms with E-state index in [4.69, 9.17) is 5.26 Å². The van der Waals surface area contributed by atoms with Crippen LogP contribution >= 0.6 is 0 Å². The first-order chi connectivity index (χ1) is 7.90.